The number of aliphatic hydroxyl groups excluding tert-OH is 1. The van der Waals surface area contributed by atoms with Gasteiger partial charge in [-0.25, -0.2) is 0 Å². The second-order valence-electron chi connectivity index (χ2n) is 5.09. The van der Waals surface area contributed by atoms with Gasteiger partial charge in [-0.3, -0.25) is 0 Å². The standard InChI is InChI=1S/C14H22O3S/c1-14(2,3)18-9-13(15)10-6-11(16-4)8-12(7-10)17-5/h6-8,13,15H,9H2,1-5H3. The van der Waals surface area contributed by atoms with Crippen molar-refractivity contribution in [3.8, 4) is 11.5 Å². The summed E-state index contributed by atoms with van der Waals surface area (Å²) in [4.78, 5) is 0. The van der Waals surface area contributed by atoms with Gasteiger partial charge < -0.3 is 14.6 Å². The molecule has 1 atom stereocenters. The summed E-state index contributed by atoms with van der Waals surface area (Å²) >= 11 is 1.73. The van der Waals surface area contributed by atoms with Crippen LogP contribution < -0.4 is 9.47 Å². The molecule has 18 heavy (non-hydrogen) atoms. The molecule has 1 unspecified atom stereocenters. The van der Waals surface area contributed by atoms with Crippen molar-refractivity contribution in [2.24, 2.45) is 0 Å². The first kappa shape index (κ1) is 15.2. The summed E-state index contributed by atoms with van der Waals surface area (Å²) in [6.45, 7) is 6.41. The lowest BCUT2D eigenvalue weighted by atomic mass is 10.1. The second-order valence-corrected chi connectivity index (χ2v) is 6.93. The first-order valence-corrected chi connectivity index (χ1v) is 6.89. The minimum Gasteiger partial charge on any atom is -0.497 e. The fourth-order valence-corrected chi connectivity index (χ4v) is 2.30. The Morgan fingerprint density at radius 2 is 1.61 bits per heavy atom. The molecule has 0 radical (unpaired) electrons. The van der Waals surface area contributed by atoms with E-state index in [9.17, 15) is 5.11 Å². The maximum absolute atomic E-state index is 10.2. The van der Waals surface area contributed by atoms with Crippen LogP contribution in [0.5, 0.6) is 11.5 Å². The fraction of sp³-hybridized carbons (Fsp3) is 0.571. The van der Waals surface area contributed by atoms with Crippen LogP contribution in [0.3, 0.4) is 0 Å². The van der Waals surface area contributed by atoms with E-state index < -0.39 is 6.10 Å². The van der Waals surface area contributed by atoms with Gasteiger partial charge in [-0.1, -0.05) is 20.8 Å². The van der Waals surface area contributed by atoms with Gasteiger partial charge in [0.05, 0.1) is 20.3 Å². The van der Waals surface area contributed by atoms with Gasteiger partial charge in [-0.15, -0.1) is 0 Å². The highest BCUT2D eigenvalue weighted by molar-refractivity contribution is 8.00. The van der Waals surface area contributed by atoms with Gasteiger partial charge in [0.15, 0.2) is 0 Å². The fourth-order valence-electron chi connectivity index (χ4n) is 1.45. The molecule has 0 aliphatic carbocycles. The van der Waals surface area contributed by atoms with Crippen LogP contribution in [0.25, 0.3) is 0 Å². The molecule has 0 aromatic heterocycles. The van der Waals surface area contributed by atoms with Gasteiger partial charge in [0.25, 0.3) is 0 Å². The van der Waals surface area contributed by atoms with Gasteiger partial charge in [-0.05, 0) is 17.7 Å². The number of hydrogen-bond acceptors (Lipinski definition) is 4. The third kappa shape index (κ3) is 4.78. The molecule has 0 aliphatic rings. The summed E-state index contributed by atoms with van der Waals surface area (Å²) in [5, 5.41) is 10.2. The van der Waals surface area contributed by atoms with Crippen LogP contribution in [0.15, 0.2) is 18.2 Å². The Morgan fingerprint density at radius 3 is 2.00 bits per heavy atom. The SMILES string of the molecule is COc1cc(OC)cc(C(O)CSC(C)(C)C)c1. The number of thioether (sulfide) groups is 1. The summed E-state index contributed by atoms with van der Waals surface area (Å²) in [7, 11) is 3.21. The van der Waals surface area contributed by atoms with Crippen LogP contribution >= 0.6 is 11.8 Å². The third-order valence-electron chi connectivity index (χ3n) is 2.43. The Labute approximate surface area is 113 Å². The zero-order valence-electron chi connectivity index (χ0n) is 11.7. The summed E-state index contributed by atoms with van der Waals surface area (Å²) in [5.41, 5.74) is 0.822. The van der Waals surface area contributed by atoms with Gasteiger partial charge in [0.1, 0.15) is 11.5 Å². The lowest BCUT2D eigenvalue weighted by Crippen LogP contribution is -2.12. The minimum absolute atomic E-state index is 0.143. The lowest BCUT2D eigenvalue weighted by Gasteiger charge is -2.20. The predicted octanol–water partition coefficient (Wildman–Crippen LogP) is 3.27. The van der Waals surface area contributed by atoms with Crippen molar-refractivity contribution in [3.63, 3.8) is 0 Å². The van der Waals surface area contributed by atoms with E-state index in [1.54, 1.807) is 32.0 Å². The van der Waals surface area contributed by atoms with Crippen molar-refractivity contribution in [2.45, 2.75) is 31.6 Å². The molecule has 0 heterocycles. The Balaban J connectivity index is 2.81. The van der Waals surface area contributed by atoms with Gasteiger partial charge in [0.2, 0.25) is 0 Å². The monoisotopic (exact) mass is 270 g/mol. The molecule has 1 rings (SSSR count). The molecule has 0 saturated carbocycles. The topological polar surface area (TPSA) is 38.7 Å². The van der Waals surface area contributed by atoms with Crippen molar-refractivity contribution >= 4 is 11.8 Å². The highest BCUT2D eigenvalue weighted by Crippen LogP contribution is 2.31. The Hall–Kier alpha value is -0.870. The maximum atomic E-state index is 10.2. The van der Waals surface area contributed by atoms with Crippen molar-refractivity contribution in [3.05, 3.63) is 23.8 Å². The maximum Gasteiger partial charge on any atom is 0.122 e. The van der Waals surface area contributed by atoms with Gasteiger partial charge in [-0.2, -0.15) is 11.8 Å². The molecule has 102 valence electrons. The quantitative estimate of drug-likeness (QED) is 0.891. The molecule has 0 amide bonds. The summed E-state index contributed by atoms with van der Waals surface area (Å²) in [6.07, 6.45) is -0.516. The van der Waals surface area contributed by atoms with Crippen LogP contribution in [-0.4, -0.2) is 29.8 Å². The van der Waals surface area contributed by atoms with Crippen LogP contribution in [0.4, 0.5) is 0 Å². The molecule has 0 aliphatic heterocycles. The van der Waals surface area contributed by atoms with Crippen molar-refractivity contribution in [1.29, 1.82) is 0 Å². The zero-order valence-corrected chi connectivity index (χ0v) is 12.5. The van der Waals surface area contributed by atoms with Crippen LogP contribution in [0.1, 0.15) is 32.4 Å². The molecule has 0 fully saturated rings. The normalized spacial score (nSPS) is 13.2. The van der Waals surface area contributed by atoms with E-state index in [1.807, 2.05) is 12.1 Å². The molecule has 1 N–H and O–H groups in total. The summed E-state index contributed by atoms with van der Waals surface area (Å²) < 4.78 is 10.5. The summed E-state index contributed by atoms with van der Waals surface area (Å²) in [5.74, 6) is 2.05. The van der Waals surface area contributed by atoms with Crippen LogP contribution in [-0.2, 0) is 0 Å². The van der Waals surface area contributed by atoms with Crippen LogP contribution in [0.2, 0.25) is 0 Å². The molecule has 0 saturated heterocycles. The number of aliphatic hydroxyl groups is 1. The van der Waals surface area contributed by atoms with E-state index in [4.69, 9.17) is 9.47 Å². The van der Waals surface area contributed by atoms with E-state index in [1.165, 1.54) is 0 Å². The smallest absolute Gasteiger partial charge is 0.122 e. The molecular formula is C14H22O3S. The lowest BCUT2D eigenvalue weighted by molar-refractivity contribution is 0.202. The molecular weight excluding hydrogens is 248 g/mol. The number of hydrogen-bond donors (Lipinski definition) is 1. The molecule has 4 heteroatoms. The van der Waals surface area contributed by atoms with Crippen LogP contribution in [0, 0.1) is 0 Å². The average Bonchev–Trinajstić information content (AvgIpc) is 2.34. The first-order chi connectivity index (χ1) is 8.35. The number of methoxy groups -OCH3 is 2. The highest BCUT2D eigenvalue weighted by atomic mass is 32.2. The zero-order chi connectivity index (χ0) is 13.8. The Kier molecular flexibility index (Phi) is 5.35. The van der Waals surface area contributed by atoms with Crippen molar-refractivity contribution in [2.75, 3.05) is 20.0 Å². The van der Waals surface area contributed by atoms with Crippen molar-refractivity contribution in [1.82, 2.24) is 0 Å². The van der Waals surface area contributed by atoms with E-state index in [2.05, 4.69) is 20.8 Å². The Bertz CT molecular complexity index is 363. The van der Waals surface area contributed by atoms with Gasteiger partial charge >= 0.3 is 0 Å². The van der Waals surface area contributed by atoms with E-state index in [0.717, 1.165) is 5.56 Å². The second kappa shape index (κ2) is 6.34. The average molecular weight is 270 g/mol. The highest BCUT2D eigenvalue weighted by Gasteiger charge is 2.16. The first-order valence-electron chi connectivity index (χ1n) is 5.90. The third-order valence-corrected chi connectivity index (χ3v) is 3.78. The largest absolute Gasteiger partial charge is 0.497 e. The molecule has 0 spiro atoms. The molecule has 0 bridgehead atoms. The molecule has 1 aromatic rings. The number of ether oxygens (including phenoxy) is 2. The Morgan fingerprint density at radius 1 is 1.11 bits per heavy atom. The number of benzene rings is 1. The van der Waals surface area contributed by atoms with E-state index >= 15 is 0 Å². The van der Waals surface area contributed by atoms with Crippen molar-refractivity contribution < 1.29 is 14.6 Å². The minimum atomic E-state index is -0.516. The van der Waals surface area contributed by atoms with E-state index in [-0.39, 0.29) is 4.75 Å². The molecule has 1 aromatic carbocycles. The van der Waals surface area contributed by atoms with Gasteiger partial charge in [0, 0.05) is 16.6 Å². The number of rotatable bonds is 5. The molecule has 3 nitrogen and oxygen atoms in total. The van der Waals surface area contributed by atoms with E-state index in [0.29, 0.717) is 17.3 Å². The summed E-state index contributed by atoms with van der Waals surface area (Å²) in [6, 6.07) is 5.49. The predicted molar refractivity (Wildman–Crippen MR) is 76.7 cm³/mol.